The number of hydrogen-bond donors (Lipinski definition) is 0. The van der Waals surface area contributed by atoms with Gasteiger partial charge in [-0.1, -0.05) is 30.6 Å². The van der Waals surface area contributed by atoms with E-state index >= 15 is 0 Å². The predicted octanol–water partition coefficient (Wildman–Crippen LogP) is 1.87. The molecule has 9 heavy (non-hydrogen) atoms. The Morgan fingerprint density at radius 2 is 2.11 bits per heavy atom. The van der Waals surface area contributed by atoms with Gasteiger partial charge in [-0.25, -0.2) is 4.79 Å². The van der Waals surface area contributed by atoms with E-state index in [2.05, 4.69) is 4.74 Å². The molecular formula is C5H6Cl2O2. The Morgan fingerprint density at radius 1 is 1.56 bits per heavy atom. The third kappa shape index (κ3) is 2.24. The molecule has 0 unspecified atom stereocenters. The fraction of sp³-hybridized carbons (Fsp3) is 0.400. The van der Waals surface area contributed by atoms with Crippen LogP contribution in [0.25, 0.3) is 0 Å². The maximum absolute atomic E-state index is 10.2. The lowest BCUT2D eigenvalue weighted by Gasteiger charge is -2.06. The Labute approximate surface area is 63.4 Å². The van der Waals surface area contributed by atoms with Gasteiger partial charge in [0, 0.05) is 6.08 Å². The molecule has 1 rings (SSSR count). The highest BCUT2D eigenvalue weighted by Gasteiger charge is 2.29. The number of carbonyl (C=O) groups excluding carboxylic acids is 1. The van der Waals surface area contributed by atoms with Crippen molar-refractivity contribution < 1.29 is 9.53 Å². The fourth-order valence-electron chi connectivity index (χ4n) is 0.367. The molecule has 0 saturated carbocycles. The van der Waals surface area contributed by atoms with Gasteiger partial charge in [0.1, 0.15) is 0 Å². The van der Waals surface area contributed by atoms with E-state index in [4.69, 9.17) is 23.2 Å². The van der Waals surface area contributed by atoms with Crippen LogP contribution in [0.1, 0.15) is 7.43 Å². The van der Waals surface area contributed by atoms with Crippen molar-refractivity contribution in [3.8, 4) is 0 Å². The van der Waals surface area contributed by atoms with Crippen LogP contribution in [0.4, 0.5) is 0 Å². The Morgan fingerprint density at radius 3 is 2.22 bits per heavy atom. The van der Waals surface area contributed by atoms with Crippen molar-refractivity contribution >= 4 is 29.2 Å². The number of alkyl halides is 2. The summed E-state index contributed by atoms with van der Waals surface area (Å²) in [5.41, 5.74) is 0. The summed E-state index contributed by atoms with van der Waals surface area (Å²) in [7, 11) is 0. The van der Waals surface area contributed by atoms with Gasteiger partial charge in [0.25, 0.3) is 4.52 Å². The molecule has 0 atom stereocenters. The van der Waals surface area contributed by atoms with Gasteiger partial charge in [-0.15, -0.1) is 0 Å². The van der Waals surface area contributed by atoms with Gasteiger partial charge in [-0.05, 0) is 6.08 Å². The second-order valence-corrected chi connectivity index (χ2v) is 2.63. The Hall–Kier alpha value is -0.210. The second kappa shape index (κ2) is 2.58. The van der Waals surface area contributed by atoms with E-state index < -0.39 is 10.5 Å². The molecular weight excluding hydrogens is 163 g/mol. The summed E-state index contributed by atoms with van der Waals surface area (Å²) in [6.45, 7) is 0. The van der Waals surface area contributed by atoms with Crippen LogP contribution in [0.2, 0.25) is 0 Å². The van der Waals surface area contributed by atoms with Gasteiger partial charge in [0.15, 0.2) is 0 Å². The van der Waals surface area contributed by atoms with Crippen LogP contribution < -0.4 is 0 Å². The van der Waals surface area contributed by atoms with Crippen molar-refractivity contribution in [3.05, 3.63) is 12.2 Å². The molecule has 0 aromatic carbocycles. The molecule has 4 heteroatoms. The van der Waals surface area contributed by atoms with Gasteiger partial charge in [-0.2, -0.15) is 0 Å². The van der Waals surface area contributed by atoms with E-state index in [-0.39, 0.29) is 7.43 Å². The van der Waals surface area contributed by atoms with Crippen LogP contribution in [0, 0.1) is 0 Å². The minimum absolute atomic E-state index is 0. The SMILES string of the molecule is C.O=C1C=CC(Cl)(Cl)O1. The molecule has 0 saturated heterocycles. The number of halogens is 2. The Balaban J connectivity index is 0.000000640. The highest BCUT2D eigenvalue weighted by Crippen LogP contribution is 2.28. The lowest BCUT2D eigenvalue weighted by molar-refractivity contribution is -0.137. The summed E-state index contributed by atoms with van der Waals surface area (Å²) < 4.78 is 2.91. The van der Waals surface area contributed by atoms with Crippen molar-refractivity contribution in [1.29, 1.82) is 0 Å². The Kier molecular flexibility index (Phi) is 2.52. The standard InChI is InChI=1S/C4H2Cl2O2.CH4/c5-4(6)2-1-3(7)8-4;/h1-2H;1H4. The maximum atomic E-state index is 10.2. The van der Waals surface area contributed by atoms with Gasteiger partial charge >= 0.3 is 5.97 Å². The number of carbonyl (C=O) groups is 1. The van der Waals surface area contributed by atoms with Gasteiger partial charge in [-0.3, -0.25) is 0 Å². The molecule has 1 aliphatic rings. The van der Waals surface area contributed by atoms with Crippen molar-refractivity contribution in [2.24, 2.45) is 0 Å². The maximum Gasteiger partial charge on any atom is 0.333 e. The van der Waals surface area contributed by atoms with Crippen molar-refractivity contribution in [2.75, 3.05) is 0 Å². The fourth-order valence-corrected chi connectivity index (χ4v) is 0.645. The molecule has 0 bridgehead atoms. The zero-order valence-electron chi connectivity index (χ0n) is 3.73. The van der Waals surface area contributed by atoms with Gasteiger partial charge < -0.3 is 4.74 Å². The third-order valence-electron chi connectivity index (χ3n) is 0.650. The molecule has 2 nitrogen and oxygen atoms in total. The van der Waals surface area contributed by atoms with Crippen LogP contribution in [0.15, 0.2) is 12.2 Å². The number of esters is 1. The topological polar surface area (TPSA) is 26.3 Å². The average Bonchev–Trinajstić information content (AvgIpc) is 1.82. The first kappa shape index (κ1) is 8.79. The summed E-state index contributed by atoms with van der Waals surface area (Å²) in [5.74, 6) is -0.505. The number of cyclic esters (lactones) is 1. The largest absolute Gasteiger partial charge is 0.422 e. The quantitative estimate of drug-likeness (QED) is 0.408. The summed E-state index contributed by atoms with van der Waals surface area (Å²) in [4.78, 5) is 10.2. The normalized spacial score (nSPS) is 20.9. The first-order valence-electron chi connectivity index (χ1n) is 1.90. The van der Waals surface area contributed by atoms with E-state index in [1.165, 1.54) is 12.2 Å². The molecule has 52 valence electrons. The van der Waals surface area contributed by atoms with E-state index in [0.717, 1.165) is 0 Å². The first-order valence-corrected chi connectivity index (χ1v) is 2.66. The smallest absolute Gasteiger partial charge is 0.333 e. The minimum atomic E-state index is -1.42. The molecule has 0 aliphatic carbocycles. The average molecular weight is 169 g/mol. The number of hydrogen-bond acceptors (Lipinski definition) is 2. The molecule has 0 amide bonds. The molecule has 0 fully saturated rings. The Bertz CT molecular complexity index is 151. The predicted molar refractivity (Wildman–Crippen MR) is 36.4 cm³/mol. The third-order valence-corrected chi connectivity index (χ3v) is 1.06. The monoisotopic (exact) mass is 168 g/mol. The second-order valence-electron chi connectivity index (χ2n) is 1.32. The molecule has 0 radical (unpaired) electrons. The highest BCUT2D eigenvalue weighted by molar-refractivity contribution is 6.49. The van der Waals surface area contributed by atoms with Crippen LogP contribution in [0.3, 0.4) is 0 Å². The van der Waals surface area contributed by atoms with Crippen molar-refractivity contribution in [1.82, 2.24) is 0 Å². The zero-order valence-corrected chi connectivity index (χ0v) is 5.24. The first-order chi connectivity index (χ1) is 3.60. The summed E-state index contributed by atoms with van der Waals surface area (Å²) in [6, 6.07) is 0. The summed E-state index contributed by atoms with van der Waals surface area (Å²) in [5, 5.41) is 0. The molecule has 1 heterocycles. The summed E-state index contributed by atoms with van der Waals surface area (Å²) >= 11 is 10.6. The van der Waals surface area contributed by atoms with Crippen LogP contribution in [-0.4, -0.2) is 10.5 Å². The zero-order chi connectivity index (χ0) is 6.20. The molecule has 0 aromatic heterocycles. The lowest BCUT2D eigenvalue weighted by Crippen LogP contribution is -2.10. The van der Waals surface area contributed by atoms with E-state index in [1.807, 2.05) is 0 Å². The van der Waals surface area contributed by atoms with E-state index in [1.54, 1.807) is 0 Å². The van der Waals surface area contributed by atoms with Crippen LogP contribution >= 0.6 is 23.2 Å². The van der Waals surface area contributed by atoms with Gasteiger partial charge in [0.05, 0.1) is 0 Å². The molecule has 0 aromatic rings. The van der Waals surface area contributed by atoms with Crippen molar-refractivity contribution in [2.45, 2.75) is 11.9 Å². The van der Waals surface area contributed by atoms with Crippen molar-refractivity contribution in [3.63, 3.8) is 0 Å². The van der Waals surface area contributed by atoms with Gasteiger partial charge in [0.2, 0.25) is 0 Å². The number of rotatable bonds is 0. The minimum Gasteiger partial charge on any atom is -0.422 e. The molecule has 0 N–H and O–H groups in total. The summed E-state index contributed by atoms with van der Waals surface area (Å²) in [6.07, 6.45) is 2.46. The van der Waals surface area contributed by atoms with E-state index in [0.29, 0.717) is 0 Å². The van der Waals surface area contributed by atoms with E-state index in [9.17, 15) is 4.79 Å². The molecule has 1 aliphatic heterocycles. The van der Waals surface area contributed by atoms with Crippen LogP contribution in [0.5, 0.6) is 0 Å². The van der Waals surface area contributed by atoms with Crippen LogP contribution in [-0.2, 0) is 9.53 Å². The highest BCUT2D eigenvalue weighted by atomic mass is 35.5. The number of ether oxygens (including phenoxy) is 1. The lowest BCUT2D eigenvalue weighted by atomic mass is 10.6. The molecule has 0 spiro atoms.